The van der Waals surface area contributed by atoms with Crippen LogP contribution in [0.2, 0.25) is 0 Å². The van der Waals surface area contributed by atoms with E-state index in [2.05, 4.69) is 33.8 Å². The fourth-order valence-corrected chi connectivity index (χ4v) is 3.10. The van der Waals surface area contributed by atoms with Gasteiger partial charge in [0.05, 0.1) is 6.20 Å². The van der Waals surface area contributed by atoms with E-state index in [-0.39, 0.29) is 11.9 Å². The Kier molecular flexibility index (Phi) is 4.24. The van der Waals surface area contributed by atoms with Crippen LogP contribution >= 0.6 is 0 Å². The Morgan fingerprint density at radius 3 is 3.14 bits per heavy atom. The first kappa shape index (κ1) is 14.8. The summed E-state index contributed by atoms with van der Waals surface area (Å²) in [5, 5.41) is 13.7. The second-order valence-corrected chi connectivity index (χ2v) is 6.01. The fraction of sp³-hybridized carbons (Fsp3) is 0.412. The van der Waals surface area contributed by atoms with Gasteiger partial charge in [0.25, 0.3) is 0 Å². The van der Waals surface area contributed by atoms with E-state index in [9.17, 15) is 4.79 Å². The minimum absolute atomic E-state index is 0.0440. The summed E-state index contributed by atoms with van der Waals surface area (Å²) in [6.45, 7) is 3.69. The molecule has 0 bridgehead atoms. The molecule has 0 spiro atoms. The van der Waals surface area contributed by atoms with Gasteiger partial charge in [-0.15, -0.1) is 0 Å². The normalized spacial score (nSPS) is 18.5. The number of hydrogen-bond donors (Lipinski definition) is 3. The lowest BCUT2D eigenvalue weighted by molar-refractivity contribution is -0.114. The largest absolute Gasteiger partial charge is 0.326 e. The molecule has 1 aromatic carbocycles. The van der Waals surface area contributed by atoms with Crippen LogP contribution in [0.25, 0.3) is 0 Å². The van der Waals surface area contributed by atoms with Crippen LogP contribution in [-0.2, 0) is 17.6 Å². The minimum atomic E-state index is -0.0440. The van der Waals surface area contributed by atoms with Gasteiger partial charge in [-0.3, -0.25) is 9.89 Å². The number of nitrogens with zero attached hydrogens (tertiary/aromatic N) is 1. The van der Waals surface area contributed by atoms with Gasteiger partial charge in [-0.05, 0) is 49.4 Å². The number of fused-ring (bicyclic) bond motifs is 1. The summed E-state index contributed by atoms with van der Waals surface area (Å²) in [6, 6.07) is 8.72. The summed E-state index contributed by atoms with van der Waals surface area (Å²) in [6.07, 6.45) is 5.11. The van der Waals surface area contributed by atoms with Crippen LogP contribution in [0.4, 0.5) is 5.69 Å². The number of benzene rings is 1. The molecule has 0 saturated heterocycles. The average Bonchev–Trinajstić information content (AvgIpc) is 2.94. The molecule has 3 rings (SSSR count). The van der Waals surface area contributed by atoms with Crippen LogP contribution in [0.1, 0.15) is 43.1 Å². The quantitative estimate of drug-likeness (QED) is 0.812. The van der Waals surface area contributed by atoms with Gasteiger partial charge in [0.15, 0.2) is 0 Å². The summed E-state index contributed by atoms with van der Waals surface area (Å²) in [4.78, 5) is 11.2. The van der Waals surface area contributed by atoms with Crippen LogP contribution in [-0.4, -0.2) is 22.1 Å². The summed E-state index contributed by atoms with van der Waals surface area (Å²) in [5.41, 5.74) is 4.63. The topological polar surface area (TPSA) is 69.8 Å². The van der Waals surface area contributed by atoms with Crippen molar-refractivity contribution in [1.82, 2.24) is 15.5 Å². The standard InChI is InChI=1S/C17H22N4O/c1-11(13-4-3-5-15(8-13)20-12(2)22)19-16-6-7-17-14(9-16)10-18-21-17/h3-5,8,10-11,16,19H,6-7,9H2,1-2H3,(H,18,21)(H,20,22). The van der Waals surface area contributed by atoms with Gasteiger partial charge in [0, 0.05) is 30.4 Å². The molecule has 1 aromatic heterocycles. The van der Waals surface area contributed by atoms with Crippen LogP contribution in [0.5, 0.6) is 0 Å². The van der Waals surface area contributed by atoms with Crippen LogP contribution in [0.3, 0.4) is 0 Å². The van der Waals surface area contributed by atoms with Crippen molar-refractivity contribution < 1.29 is 4.79 Å². The molecule has 2 aromatic rings. The zero-order valence-corrected chi connectivity index (χ0v) is 13.0. The van der Waals surface area contributed by atoms with Crippen molar-refractivity contribution in [2.24, 2.45) is 0 Å². The van der Waals surface area contributed by atoms with E-state index in [4.69, 9.17) is 0 Å². The highest BCUT2D eigenvalue weighted by atomic mass is 16.1. The molecular weight excluding hydrogens is 276 g/mol. The van der Waals surface area contributed by atoms with Crippen LogP contribution < -0.4 is 10.6 Å². The highest BCUT2D eigenvalue weighted by Gasteiger charge is 2.21. The molecule has 5 nitrogen and oxygen atoms in total. The third kappa shape index (κ3) is 3.36. The molecular formula is C17H22N4O. The summed E-state index contributed by atoms with van der Waals surface area (Å²) in [7, 11) is 0. The van der Waals surface area contributed by atoms with E-state index in [1.807, 2.05) is 24.4 Å². The third-order valence-corrected chi connectivity index (χ3v) is 4.21. The van der Waals surface area contributed by atoms with Crippen molar-refractivity contribution in [2.45, 2.75) is 45.2 Å². The van der Waals surface area contributed by atoms with Crippen LogP contribution in [0, 0.1) is 0 Å². The Morgan fingerprint density at radius 1 is 1.45 bits per heavy atom. The molecule has 0 aliphatic heterocycles. The number of amides is 1. The molecule has 1 aliphatic carbocycles. The number of aryl methyl sites for hydroxylation is 1. The molecule has 2 atom stereocenters. The Hall–Kier alpha value is -2.14. The lowest BCUT2D eigenvalue weighted by Gasteiger charge is -2.27. The average molecular weight is 298 g/mol. The summed E-state index contributed by atoms with van der Waals surface area (Å²) >= 11 is 0. The van der Waals surface area contributed by atoms with Gasteiger partial charge in [-0.25, -0.2) is 0 Å². The molecule has 22 heavy (non-hydrogen) atoms. The van der Waals surface area contributed by atoms with Crippen molar-refractivity contribution in [1.29, 1.82) is 0 Å². The van der Waals surface area contributed by atoms with Gasteiger partial charge in [0.2, 0.25) is 5.91 Å². The summed E-state index contributed by atoms with van der Waals surface area (Å²) < 4.78 is 0. The second-order valence-electron chi connectivity index (χ2n) is 6.01. The molecule has 0 radical (unpaired) electrons. The molecule has 1 aliphatic rings. The number of carbonyl (C=O) groups is 1. The first-order chi connectivity index (χ1) is 10.6. The Labute approximate surface area is 130 Å². The molecule has 1 amide bonds. The number of carbonyl (C=O) groups excluding carboxylic acids is 1. The van der Waals surface area contributed by atoms with E-state index in [0.29, 0.717) is 6.04 Å². The van der Waals surface area contributed by atoms with Gasteiger partial charge >= 0.3 is 0 Å². The SMILES string of the molecule is CC(=O)Nc1cccc(C(C)NC2CCc3[nH]ncc3C2)c1. The number of rotatable bonds is 4. The Morgan fingerprint density at radius 2 is 2.32 bits per heavy atom. The van der Waals surface area contributed by atoms with Crippen molar-refractivity contribution in [3.8, 4) is 0 Å². The lowest BCUT2D eigenvalue weighted by atomic mass is 9.92. The maximum Gasteiger partial charge on any atom is 0.221 e. The van der Waals surface area contributed by atoms with Gasteiger partial charge < -0.3 is 10.6 Å². The Bertz CT molecular complexity index is 664. The monoisotopic (exact) mass is 298 g/mol. The zero-order chi connectivity index (χ0) is 15.5. The van der Waals surface area contributed by atoms with Gasteiger partial charge in [-0.1, -0.05) is 12.1 Å². The zero-order valence-electron chi connectivity index (χ0n) is 13.0. The predicted octanol–water partition coefficient (Wildman–Crippen LogP) is 2.58. The number of anilines is 1. The van der Waals surface area contributed by atoms with E-state index < -0.39 is 0 Å². The molecule has 1 heterocycles. The highest BCUT2D eigenvalue weighted by Crippen LogP contribution is 2.23. The van der Waals surface area contributed by atoms with Crippen LogP contribution in [0.15, 0.2) is 30.5 Å². The second kappa shape index (κ2) is 6.32. The maximum atomic E-state index is 11.2. The van der Waals surface area contributed by atoms with E-state index in [1.54, 1.807) is 0 Å². The predicted molar refractivity (Wildman–Crippen MR) is 86.7 cm³/mol. The first-order valence-corrected chi connectivity index (χ1v) is 7.76. The number of H-pyrrole nitrogens is 1. The van der Waals surface area contributed by atoms with Crippen molar-refractivity contribution in [3.63, 3.8) is 0 Å². The Balaban J connectivity index is 1.65. The number of hydrogen-bond acceptors (Lipinski definition) is 3. The van der Waals surface area contributed by atoms with E-state index in [1.165, 1.54) is 23.7 Å². The third-order valence-electron chi connectivity index (χ3n) is 4.21. The molecule has 2 unspecified atom stereocenters. The van der Waals surface area contributed by atoms with Crippen molar-refractivity contribution in [3.05, 3.63) is 47.3 Å². The van der Waals surface area contributed by atoms with E-state index in [0.717, 1.165) is 24.9 Å². The molecule has 5 heteroatoms. The minimum Gasteiger partial charge on any atom is -0.326 e. The fourth-order valence-electron chi connectivity index (χ4n) is 3.10. The van der Waals surface area contributed by atoms with Gasteiger partial charge in [0.1, 0.15) is 0 Å². The maximum absolute atomic E-state index is 11.2. The van der Waals surface area contributed by atoms with Gasteiger partial charge in [-0.2, -0.15) is 5.10 Å². The molecule has 0 saturated carbocycles. The number of nitrogens with one attached hydrogen (secondary N) is 3. The first-order valence-electron chi connectivity index (χ1n) is 7.76. The van der Waals surface area contributed by atoms with E-state index >= 15 is 0 Å². The van der Waals surface area contributed by atoms with Crippen molar-refractivity contribution >= 4 is 11.6 Å². The number of aromatic nitrogens is 2. The highest BCUT2D eigenvalue weighted by molar-refractivity contribution is 5.88. The molecule has 116 valence electrons. The molecule has 0 fully saturated rings. The van der Waals surface area contributed by atoms with Crippen molar-refractivity contribution in [2.75, 3.05) is 5.32 Å². The summed E-state index contributed by atoms with van der Waals surface area (Å²) in [5.74, 6) is -0.0440. The molecule has 3 N–H and O–H groups in total. The smallest absolute Gasteiger partial charge is 0.221 e. The lowest BCUT2D eigenvalue weighted by Crippen LogP contribution is -2.36. The number of aromatic amines is 1.